The van der Waals surface area contributed by atoms with E-state index in [0.717, 1.165) is 18.4 Å². The van der Waals surface area contributed by atoms with E-state index in [1.165, 1.54) is 13.3 Å². The van der Waals surface area contributed by atoms with Crippen molar-refractivity contribution in [1.29, 1.82) is 0 Å². The molecule has 0 saturated heterocycles. The first-order valence-corrected chi connectivity index (χ1v) is 10.7. The predicted octanol–water partition coefficient (Wildman–Crippen LogP) is 3.81. The van der Waals surface area contributed by atoms with Crippen molar-refractivity contribution in [1.82, 2.24) is 9.88 Å². The SMILES string of the molecule is COc1ncc(Cl)c(C(=O)Nc2cccc3c2C(=O)N([C@H](C2CC2)C(C)(C)O)C3)c1C. The number of amides is 2. The summed E-state index contributed by atoms with van der Waals surface area (Å²) in [7, 11) is 1.47. The lowest BCUT2D eigenvalue weighted by Crippen LogP contribution is -2.51. The van der Waals surface area contributed by atoms with Gasteiger partial charge in [-0.15, -0.1) is 0 Å². The fourth-order valence-corrected chi connectivity index (χ4v) is 4.85. The minimum Gasteiger partial charge on any atom is -0.481 e. The zero-order valence-electron chi connectivity index (χ0n) is 18.0. The zero-order chi connectivity index (χ0) is 22.5. The number of rotatable bonds is 6. The first-order valence-electron chi connectivity index (χ1n) is 10.3. The standard InChI is InChI=1S/C23H26ClN3O4/c1-12-17(15(24)10-25-21(12)31-4)20(28)26-16-7-5-6-14-11-27(22(29)18(14)16)19(13-8-9-13)23(2,3)30/h5-7,10,13,19,30H,8-9,11H2,1-4H3,(H,26,28)/t19-/m1/s1. The van der Waals surface area contributed by atoms with Crippen molar-refractivity contribution in [3.8, 4) is 5.88 Å². The number of nitrogens with one attached hydrogen (secondary N) is 1. The number of aromatic nitrogens is 1. The topological polar surface area (TPSA) is 91.8 Å². The number of carbonyl (C=O) groups excluding carboxylic acids is 2. The molecule has 2 amide bonds. The monoisotopic (exact) mass is 443 g/mol. The number of pyridine rings is 1. The molecule has 2 aliphatic rings. The van der Waals surface area contributed by atoms with Gasteiger partial charge in [0.05, 0.1) is 46.8 Å². The maximum absolute atomic E-state index is 13.4. The summed E-state index contributed by atoms with van der Waals surface area (Å²) in [5.74, 6) is -0.0151. The highest BCUT2D eigenvalue weighted by molar-refractivity contribution is 6.34. The van der Waals surface area contributed by atoms with Crippen molar-refractivity contribution in [3.63, 3.8) is 0 Å². The van der Waals surface area contributed by atoms with Crippen LogP contribution in [0.2, 0.25) is 5.02 Å². The highest BCUT2D eigenvalue weighted by Crippen LogP contribution is 2.43. The molecule has 7 nitrogen and oxygen atoms in total. The minimum atomic E-state index is -1.01. The molecule has 0 radical (unpaired) electrons. The molecule has 1 saturated carbocycles. The van der Waals surface area contributed by atoms with Gasteiger partial charge in [-0.3, -0.25) is 9.59 Å². The first kappa shape index (κ1) is 21.6. The maximum Gasteiger partial charge on any atom is 0.257 e. The summed E-state index contributed by atoms with van der Waals surface area (Å²) in [5, 5.41) is 13.8. The molecule has 1 atom stereocenters. The number of benzene rings is 1. The number of methoxy groups -OCH3 is 1. The molecule has 1 fully saturated rings. The molecule has 2 N–H and O–H groups in total. The van der Waals surface area contributed by atoms with Crippen LogP contribution in [0.1, 0.15) is 58.5 Å². The highest BCUT2D eigenvalue weighted by atomic mass is 35.5. The summed E-state index contributed by atoms with van der Waals surface area (Å²) in [4.78, 5) is 32.3. The number of halogens is 1. The summed E-state index contributed by atoms with van der Waals surface area (Å²) in [6.45, 7) is 5.61. The lowest BCUT2D eigenvalue weighted by Gasteiger charge is -2.37. The van der Waals surface area contributed by atoms with Gasteiger partial charge in [0.1, 0.15) is 0 Å². The second kappa shape index (κ2) is 7.80. The van der Waals surface area contributed by atoms with Crippen molar-refractivity contribution < 1.29 is 19.4 Å². The molecule has 0 unspecified atom stereocenters. The fourth-order valence-electron chi connectivity index (χ4n) is 4.57. The molecule has 1 aromatic carbocycles. The molecule has 2 aromatic rings. The van der Waals surface area contributed by atoms with E-state index in [2.05, 4.69) is 10.3 Å². The highest BCUT2D eigenvalue weighted by Gasteiger charge is 2.48. The van der Waals surface area contributed by atoms with Crippen LogP contribution in [0.15, 0.2) is 24.4 Å². The number of fused-ring (bicyclic) bond motifs is 1. The third-order valence-corrected chi connectivity index (χ3v) is 6.28. The van der Waals surface area contributed by atoms with Crippen molar-refractivity contribution in [2.45, 2.75) is 51.8 Å². The van der Waals surface area contributed by atoms with Gasteiger partial charge in [-0.25, -0.2) is 4.98 Å². The molecule has 8 heteroatoms. The maximum atomic E-state index is 13.4. The van der Waals surface area contributed by atoms with Crippen LogP contribution >= 0.6 is 11.6 Å². The Kier molecular flexibility index (Phi) is 5.43. The number of ether oxygens (including phenoxy) is 1. The molecular formula is C23H26ClN3O4. The van der Waals surface area contributed by atoms with Gasteiger partial charge in [0, 0.05) is 12.1 Å². The van der Waals surface area contributed by atoms with E-state index < -0.39 is 11.5 Å². The Balaban J connectivity index is 1.66. The Bertz CT molecular complexity index is 1060. The van der Waals surface area contributed by atoms with Gasteiger partial charge >= 0.3 is 0 Å². The third kappa shape index (κ3) is 3.88. The smallest absolute Gasteiger partial charge is 0.257 e. The van der Waals surface area contributed by atoms with Gasteiger partial charge in [0.15, 0.2) is 0 Å². The average Bonchev–Trinajstić information content (AvgIpc) is 3.45. The lowest BCUT2D eigenvalue weighted by atomic mass is 9.93. The molecule has 2 heterocycles. The largest absolute Gasteiger partial charge is 0.481 e. The number of anilines is 1. The van der Waals surface area contributed by atoms with E-state index in [1.54, 1.807) is 31.7 Å². The zero-order valence-corrected chi connectivity index (χ0v) is 18.8. The Morgan fingerprint density at radius 3 is 2.71 bits per heavy atom. The summed E-state index contributed by atoms with van der Waals surface area (Å²) >= 11 is 6.24. The van der Waals surface area contributed by atoms with E-state index in [0.29, 0.717) is 35.2 Å². The van der Waals surface area contributed by atoms with Crippen LogP contribution in [-0.2, 0) is 6.54 Å². The Labute approximate surface area is 186 Å². The van der Waals surface area contributed by atoms with Crippen molar-refractivity contribution in [2.24, 2.45) is 5.92 Å². The van der Waals surface area contributed by atoms with Crippen molar-refractivity contribution in [2.75, 3.05) is 12.4 Å². The van der Waals surface area contributed by atoms with Crippen LogP contribution < -0.4 is 10.1 Å². The van der Waals surface area contributed by atoms with E-state index in [1.807, 2.05) is 12.1 Å². The van der Waals surface area contributed by atoms with Gasteiger partial charge in [-0.1, -0.05) is 23.7 Å². The summed E-state index contributed by atoms with van der Waals surface area (Å²) in [6.07, 6.45) is 3.37. The molecule has 31 heavy (non-hydrogen) atoms. The van der Waals surface area contributed by atoms with Gasteiger partial charge in [-0.2, -0.15) is 0 Å². The van der Waals surface area contributed by atoms with Gasteiger partial charge in [0.25, 0.3) is 11.8 Å². The number of nitrogens with zero attached hydrogens (tertiary/aromatic N) is 2. The van der Waals surface area contributed by atoms with E-state index in [4.69, 9.17) is 16.3 Å². The molecule has 1 aliphatic carbocycles. The second-order valence-electron chi connectivity index (χ2n) is 8.78. The summed E-state index contributed by atoms with van der Waals surface area (Å²) < 4.78 is 5.20. The molecule has 4 rings (SSSR count). The van der Waals surface area contributed by atoms with Gasteiger partial charge in [0.2, 0.25) is 5.88 Å². The van der Waals surface area contributed by atoms with Crippen LogP contribution in [0.5, 0.6) is 5.88 Å². The Hall–Kier alpha value is -2.64. The number of aliphatic hydroxyl groups is 1. The second-order valence-corrected chi connectivity index (χ2v) is 9.19. The molecule has 1 aliphatic heterocycles. The third-order valence-electron chi connectivity index (χ3n) is 5.99. The van der Waals surface area contributed by atoms with E-state index in [-0.39, 0.29) is 22.5 Å². The normalized spacial score (nSPS) is 16.8. The molecular weight excluding hydrogens is 418 g/mol. The summed E-state index contributed by atoms with van der Waals surface area (Å²) in [6, 6.07) is 5.13. The van der Waals surface area contributed by atoms with Gasteiger partial charge < -0.3 is 20.1 Å². The van der Waals surface area contributed by atoms with Crippen molar-refractivity contribution in [3.05, 3.63) is 51.7 Å². The van der Waals surface area contributed by atoms with Crippen LogP contribution in [0.3, 0.4) is 0 Å². The van der Waals surface area contributed by atoms with Crippen LogP contribution in [0, 0.1) is 12.8 Å². The van der Waals surface area contributed by atoms with Crippen LogP contribution in [0.25, 0.3) is 0 Å². The number of carbonyl (C=O) groups is 2. The van der Waals surface area contributed by atoms with Crippen LogP contribution in [0.4, 0.5) is 5.69 Å². The average molecular weight is 444 g/mol. The van der Waals surface area contributed by atoms with E-state index in [9.17, 15) is 14.7 Å². The predicted molar refractivity (Wildman–Crippen MR) is 118 cm³/mol. The number of hydrogen-bond donors (Lipinski definition) is 2. The van der Waals surface area contributed by atoms with Crippen LogP contribution in [-0.4, -0.2) is 45.6 Å². The molecule has 1 aromatic heterocycles. The molecule has 0 spiro atoms. The first-order chi connectivity index (χ1) is 14.6. The number of hydrogen-bond acceptors (Lipinski definition) is 5. The fraction of sp³-hybridized carbons (Fsp3) is 0.435. The minimum absolute atomic E-state index is 0.181. The molecule has 164 valence electrons. The quantitative estimate of drug-likeness (QED) is 0.708. The summed E-state index contributed by atoms with van der Waals surface area (Å²) in [5.41, 5.74) is 1.46. The van der Waals surface area contributed by atoms with Crippen molar-refractivity contribution >= 4 is 29.1 Å². The Morgan fingerprint density at radius 2 is 2.10 bits per heavy atom. The lowest BCUT2D eigenvalue weighted by molar-refractivity contribution is -0.0224. The van der Waals surface area contributed by atoms with Gasteiger partial charge in [-0.05, 0) is 51.2 Å². The molecule has 0 bridgehead atoms. The van der Waals surface area contributed by atoms with E-state index >= 15 is 0 Å². The Morgan fingerprint density at radius 1 is 1.39 bits per heavy atom.